The quantitative estimate of drug-likeness (QED) is 0.272. The Balaban J connectivity index is 3.21. The zero-order valence-corrected chi connectivity index (χ0v) is 14.1. The van der Waals surface area contributed by atoms with Gasteiger partial charge in [0.1, 0.15) is 0 Å². The second kappa shape index (κ2) is 16.1. The van der Waals surface area contributed by atoms with Crippen LogP contribution in [0.3, 0.4) is 0 Å². The summed E-state index contributed by atoms with van der Waals surface area (Å²) in [5.41, 5.74) is 0. The normalized spacial score (nSPS) is 12.8. The van der Waals surface area contributed by atoms with Gasteiger partial charge in [-0.05, 0) is 18.8 Å². The van der Waals surface area contributed by atoms with Crippen LogP contribution in [0.1, 0.15) is 111 Å². The number of hydrogen-bond acceptors (Lipinski definition) is 0. The smallest absolute Gasteiger partial charge is 0.0388 e. The van der Waals surface area contributed by atoms with Crippen molar-refractivity contribution in [3.8, 4) is 0 Å². The van der Waals surface area contributed by atoms with Crippen LogP contribution in [0.25, 0.3) is 0 Å². The highest BCUT2D eigenvalue weighted by atomic mass is 14.1. The third-order valence-electron chi connectivity index (χ3n) is 4.36. The lowest BCUT2D eigenvalue weighted by Gasteiger charge is -2.14. The Morgan fingerprint density at radius 3 is 1.79 bits per heavy atom. The first-order chi connectivity index (χ1) is 9.35. The molecule has 0 fully saturated rings. The molecule has 0 aliphatic carbocycles. The summed E-state index contributed by atoms with van der Waals surface area (Å²) < 4.78 is 0. The average molecular weight is 268 g/mol. The van der Waals surface area contributed by atoms with Crippen LogP contribution in [0.4, 0.5) is 0 Å². The Bertz CT molecular complexity index is 150. The lowest BCUT2D eigenvalue weighted by atomic mass is 9.92. The van der Waals surface area contributed by atoms with Crippen LogP contribution < -0.4 is 0 Å². The summed E-state index contributed by atoms with van der Waals surface area (Å²) in [5, 5.41) is 0. The van der Waals surface area contributed by atoms with E-state index in [1.54, 1.807) is 0 Å². The van der Waals surface area contributed by atoms with Gasteiger partial charge in [0.25, 0.3) is 0 Å². The molecule has 0 amide bonds. The van der Waals surface area contributed by atoms with Gasteiger partial charge in [-0.2, -0.15) is 0 Å². The van der Waals surface area contributed by atoms with Gasteiger partial charge < -0.3 is 0 Å². The van der Waals surface area contributed by atoms with Gasteiger partial charge in [0.15, 0.2) is 0 Å². The van der Waals surface area contributed by atoms with E-state index in [0.29, 0.717) is 0 Å². The number of rotatable bonds is 15. The van der Waals surface area contributed by atoms with Gasteiger partial charge in [-0.3, -0.25) is 0 Å². The lowest BCUT2D eigenvalue weighted by Crippen LogP contribution is -1.99. The minimum Gasteiger partial charge on any atom is -0.0654 e. The van der Waals surface area contributed by atoms with Gasteiger partial charge in [-0.25, -0.2) is 0 Å². The van der Waals surface area contributed by atoms with Crippen molar-refractivity contribution < 1.29 is 0 Å². The number of hydrogen-bond donors (Lipinski definition) is 0. The van der Waals surface area contributed by atoms with Crippen LogP contribution in [0.15, 0.2) is 0 Å². The molecule has 0 saturated carbocycles. The molecule has 0 nitrogen and oxygen atoms in total. The first-order valence-corrected chi connectivity index (χ1v) is 9.16. The summed E-state index contributed by atoms with van der Waals surface area (Å²) in [6.45, 7) is 6.91. The maximum Gasteiger partial charge on any atom is -0.0388 e. The van der Waals surface area contributed by atoms with Crippen molar-refractivity contribution in [1.29, 1.82) is 0 Å². The highest BCUT2D eigenvalue weighted by Crippen LogP contribution is 2.20. The van der Waals surface area contributed by atoms with E-state index in [1.807, 2.05) is 0 Å². The van der Waals surface area contributed by atoms with Crippen molar-refractivity contribution in [3.05, 3.63) is 6.42 Å². The molecular weight excluding hydrogens is 228 g/mol. The van der Waals surface area contributed by atoms with E-state index in [4.69, 9.17) is 0 Å². The Morgan fingerprint density at radius 2 is 1.26 bits per heavy atom. The summed E-state index contributed by atoms with van der Waals surface area (Å²) >= 11 is 0. The Kier molecular flexibility index (Phi) is 16.1. The fraction of sp³-hybridized carbons (Fsp3) is 0.947. The van der Waals surface area contributed by atoms with Crippen molar-refractivity contribution in [1.82, 2.24) is 0 Å². The maximum absolute atomic E-state index is 2.44. The molecule has 0 heteroatoms. The predicted molar refractivity (Wildman–Crippen MR) is 89.5 cm³/mol. The molecule has 0 N–H and O–H groups in total. The summed E-state index contributed by atoms with van der Waals surface area (Å²) in [4.78, 5) is 0. The molecule has 1 atom stereocenters. The molecule has 0 aliphatic rings. The Labute approximate surface area is 123 Å². The molecular formula is C19H39. The summed E-state index contributed by atoms with van der Waals surface area (Å²) in [6, 6.07) is 0. The summed E-state index contributed by atoms with van der Waals surface area (Å²) in [5.74, 6) is 0.993. The topological polar surface area (TPSA) is 0 Å². The zero-order valence-electron chi connectivity index (χ0n) is 14.1. The third-order valence-corrected chi connectivity index (χ3v) is 4.36. The summed E-state index contributed by atoms with van der Waals surface area (Å²) in [7, 11) is 0. The van der Waals surface area contributed by atoms with Crippen molar-refractivity contribution >= 4 is 0 Å². The fourth-order valence-electron chi connectivity index (χ4n) is 2.85. The van der Waals surface area contributed by atoms with E-state index >= 15 is 0 Å². The Morgan fingerprint density at radius 1 is 0.684 bits per heavy atom. The van der Waals surface area contributed by atoms with Crippen LogP contribution in [-0.4, -0.2) is 0 Å². The van der Waals surface area contributed by atoms with Gasteiger partial charge in [-0.1, -0.05) is 104 Å². The minimum absolute atomic E-state index is 0.993. The van der Waals surface area contributed by atoms with E-state index in [2.05, 4.69) is 27.2 Å². The third kappa shape index (κ3) is 14.2. The second-order valence-corrected chi connectivity index (χ2v) is 6.17. The largest absolute Gasteiger partial charge is 0.0654 e. The lowest BCUT2D eigenvalue weighted by molar-refractivity contribution is 0.409. The molecule has 1 radical (unpaired) electrons. The standard InChI is InChI=1S/C19H39/c1-4-7-9-10-11-12-13-14-16-18-19(6-3)17-15-8-5-2/h8,19H,4-7,9-18H2,1-3H3. The first kappa shape index (κ1) is 19.0. The van der Waals surface area contributed by atoms with Crippen LogP contribution in [-0.2, 0) is 0 Å². The second-order valence-electron chi connectivity index (χ2n) is 6.17. The molecule has 0 aromatic carbocycles. The van der Waals surface area contributed by atoms with Crippen LogP contribution >= 0.6 is 0 Å². The molecule has 115 valence electrons. The van der Waals surface area contributed by atoms with Gasteiger partial charge in [0.05, 0.1) is 0 Å². The maximum atomic E-state index is 2.44. The van der Waals surface area contributed by atoms with E-state index in [9.17, 15) is 0 Å². The predicted octanol–water partition coefficient (Wildman–Crippen LogP) is 7.33. The van der Waals surface area contributed by atoms with Gasteiger partial charge in [0, 0.05) is 0 Å². The molecule has 0 heterocycles. The molecule has 1 unspecified atom stereocenters. The molecule has 0 bridgehead atoms. The highest BCUT2D eigenvalue weighted by molar-refractivity contribution is 4.66. The van der Waals surface area contributed by atoms with E-state index < -0.39 is 0 Å². The molecule has 0 aromatic rings. The van der Waals surface area contributed by atoms with Gasteiger partial charge in [0.2, 0.25) is 0 Å². The summed E-state index contributed by atoms with van der Waals surface area (Å²) in [6.07, 6.45) is 22.4. The van der Waals surface area contributed by atoms with Crippen molar-refractivity contribution in [2.24, 2.45) is 5.92 Å². The Hall–Kier alpha value is 0. The van der Waals surface area contributed by atoms with Crippen molar-refractivity contribution in [2.45, 2.75) is 111 Å². The van der Waals surface area contributed by atoms with E-state index in [-0.39, 0.29) is 0 Å². The molecule has 19 heavy (non-hydrogen) atoms. The molecule has 0 aromatic heterocycles. The molecule has 0 spiro atoms. The van der Waals surface area contributed by atoms with Gasteiger partial charge in [-0.15, -0.1) is 0 Å². The van der Waals surface area contributed by atoms with Crippen LogP contribution in [0.2, 0.25) is 0 Å². The first-order valence-electron chi connectivity index (χ1n) is 9.16. The van der Waals surface area contributed by atoms with E-state index in [0.717, 1.165) is 5.92 Å². The van der Waals surface area contributed by atoms with Gasteiger partial charge >= 0.3 is 0 Å². The minimum atomic E-state index is 0.993. The molecule has 0 saturated heterocycles. The highest BCUT2D eigenvalue weighted by Gasteiger charge is 2.05. The molecule has 0 aliphatic heterocycles. The number of unbranched alkanes of at least 4 members (excludes halogenated alkanes) is 10. The zero-order chi connectivity index (χ0) is 14.2. The SMILES string of the molecule is CC[CH]CCC(CC)CCCCCCCCCCC. The monoisotopic (exact) mass is 267 g/mol. The fourth-order valence-corrected chi connectivity index (χ4v) is 2.85. The van der Waals surface area contributed by atoms with Crippen molar-refractivity contribution in [3.63, 3.8) is 0 Å². The van der Waals surface area contributed by atoms with Crippen molar-refractivity contribution in [2.75, 3.05) is 0 Å². The van der Waals surface area contributed by atoms with Crippen LogP contribution in [0.5, 0.6) is 0 Å². The van der Waals surface area contributed by atoms with Crippen LogP contribution in [0, 0.1) is 12.3 Å². The van der Waals surface area contributed by atoms with E-state index in [1.165, 1.54) is 89.9 Å². The molecule has 0 rings (SSSR count). The average Bonchev–Trinajstić information content (AvgIpc) is 2.43.